The number of hydrogen-bond donors (Lipinski definition) is 2. The Bertz CT molecular complexity index is 343. The molecule has 1 rings (SSSR count). The van der Waals surface area contributed by atoms with Crippen molar-refractivity contribution in [3.05, 3.63) is 28.7 Å². The zero-order valence-corrected chi connectivity index (χ0v) is 11.9. The van der Waals surface area contributed by atoms with E-state index >= 15 is 0 Å². The molecule has 0 aromatic heterocycles. The zero-order valence-electron chi connectivity index (χ0n) is 9.49. The number of carbonyl (C=O) groups excluding carboxylic acids is 1. The van der Waals surface area contributed by atoms with Crippen molar-refractivity contribution < 1.29 is 9.90 Å². The summed E-state index contributed by atoms with van der Waals surface area (Å²) in [4.78, 5) is 12.4. The molecule has 1 amide bonds. The molecule has 0 spiro atoms. The van der Waals surface area contributed by atoms with Crippen molar-refractivity contribution in [2.24, 2.45) is 0 Å². The van der Waals surface area contributed by atoms with E-state index in [4.69, 9.17) is 5.11 Å². The van der Waals surface area contributed by atoms with Crippen LogP contribution in [0.4, 0.5) is 0 Å². The molecule has 0 fully saturated rings. The highest BCUT2D eigenvalue weighted by Crippen LogP contribution is 2.21. The van der Waals surface area contributed by atoms with Gasteiger partial charge in [0.05, 0.1) is 6.61 Å². The standard InChI is InChI=1S/C12H16BrNO2S/c13-10-3-5-11(6-4-10)17-9-1-2-12(16)14-7-8-15/h3-6,15H,1-2,7-9H2,(H,14,16). The normalized spacial score (nSPS) is 10.2. The fourth-order valence-corrected chi connectivity index (χ4v) is 2.35. The second kappa shape index (κ2) is 8.55. The summed E-state index contributed by atoms with van der Waals surface area (Å²) in [6, 6.07) is 8.13. The van der Waals surface area contributed by atoms with Crippen molar-refractivity contribution in [3.8, 4) is 0 Å². The fraction of sp³-hybridized carbons (Fsp3) is 0.417. The third kappa shape index (κ3) is 6.71. The van der Waals surface area contributed by atoms with E-state index in [0.717, 1.165) is 16.6 Å². The largest absolute Gasteiger partial charge is 0.395 e. The van der Waals surface area contributed by atoms with Crippen LogP contribution >= 0.6 is 27.7 Å². The Hall–Kier alpha value is -0.520. The molecule has 0 unspecified atom stereocenters. The van der Waals surface area contributed by atoms with E-state index in [1.807, 2.05) is 12.1 Å². The van der Waals surface area contributed by atoms with Crippen LogP contribution in [0.25, 0.3) is 0 Å². The number of rotatable bonds is 7. The van der Waals surface area contributed by atoms with Crippen LogP contribution in [0.15, 0.2) is 33.6 Å². The van der Waals surface area contributed by atoms with Gasteiger partial charge in [0.15, 0.2) is 0 Å². The molecule has 17 heavy (non-hydrogen) atoms. The van der Waals surface area contributed by atoms with Gasteiger partial charge in [-0.15, -0.1) is 11.8 Å². The van der Waals surface area contributed by atoms with Crippen LogP contribution in [0.3, 0.4) is 0 Å². The van der Waals surface area contributed by atoms with Crippen LogP contribution in [0, 0.1) is 0 Å². The van der Waals surface area contributed by atoms with Gasteiger partial charge < -0.3 is 10.4 Å². The molecule has 2 N–H and O–H groups in total. The van der Waals surface area contributed by atoms with Gasteiger partial charge in [-0.2, -0.15) is 0 Å². The third-order valence-electron chi connectivity index (χ3n) is 2.06. The number of thioether (sulfide) groups is 1. The highest BCUT2D eigenvalue weighted by Gasteiger charge is 2.00. The van der Waals surface area contributed by atoms with Gasteiger partial charge in [-0.3, -0.25) is 4.79 Å². The molecule has 0 bridgehead atoms. The second-order valence-corrected chi connectivity index (χ2v) is 5.56. The zero-order chi connectivity index (χ0) is 12.5. The van der Waals surface area contributed by atoms with Gasteiger partial charge in [0, 0.05) is 22.3 Å². The minimum atomic E-state index is -0.000612. The summed E-state index contributed by atoms with van der Waals surface area (Å²) in [7, 11) is 0. The van der Waals surface area contributed by atoms with E-state index in [2.05, 4.69) is 33.4 Å². The summed E-state index contributed by atoms with van der Waals surface area (Å²) >= 11 is 5.13. The summed E-state index contributed by atoms with van der Waals surface area (Å²) in [6.45, 7) is 0.345. The molecule has 0 atom stereocenters. The Kier molecular flexibility index (Phi) is 7.32. The molecule has 0 aliphatic rings. The van der Waals surface area contributed by atoms with Crippen LogP contribution in [0.1, 0.15) is 12.8 Å². The van der Waals surface area contributed by atoms with Gasteiger partial charge in [-0.05, 0) is 36.4 Å². The number of carbonyl (C=O) groups is 1. The lowest BCUT2D eigenvalue weighted by Gasteiger charge is -2.03. The highest BCUT2D eigenvalue weighted by atomic mass is 79.9. The molecule has 0 radical (unpaired) electrons. The van der Waals surface area contributed by atoms with Crippen molar-refractivity contribution in [1.82, 2.24) is 5.32 Å². The van der Waals surface area contributed by atoms with Gasteiger partial charge in [-0.25, -0.2) is 0 Å². The SMILES string of the molecule is O=C(CCCSc1ccc(Br)cc1)NCCO. The molecule has 0 saturated carbocycles. The lowest BCUT2D eigenvalue weighted by atomic mass is 10.3. The number of halogens is 1. The molecule has 94 valence electrons. The van der Waals surface area contributed by atoms with Crippen molar-refractivity contribution in [1.29, 1.82) is 0 Å². The van der Waals surface area contributed by atoms with Crippen LogP contribution in [0.5, 0.6) is 0 Å². The van der Waals surface area contributed by atoms with E-state index in [1.165, 1.54) is 4.90 Å². The first kappa shape index (κ1) is 14.5. The van der Waals surface area contributed by atoms with Crippen LogP contribution in [0.2, 0.25) is 0 Å². The smallest absolute Gasteiger partial charge is 0.220 e. The van der Waals surface area contributed by atoms with Crippen molar-refractivity contribution in [2.75, 3.05) is 18.9 Å². The summed E-state index contributed by atoms with van der Waals surface area (Å²) in [6.07, 6.45) is 1.36. The Morgan fingerprint density at radius 1 is 1.35 bits per heavy atom. The lowest BCUT2D eigenvalue weighted by Crippen LogP contribution is -2.26. The molecule has 0 heterocycles. The molecular formula is C12H16BrNO2S. The topological polar surface area (TPSA) is 49.3 Å². The van der Waals surface area contributed by atoms with E-state index < -0.39 is 0 Å². The third-order valence-corrected chi connectivity index (χ3v) is 3.69. The molecule has 1 aromatic carbocycles. The molecule has 0 aliphatic carbocycles. The molecule has 1 aromatic rings. The van der Waals surface area contributed by atoms with E-state index in [0.29, 0.717) is 13.0 Å². The Morgan fingerprint density at radius 3 is 2.71 bits per heavy atom. The van der Waals surface area contributed by atoms with Crippen LogP contribution in [-0.2, 0) is 4.79 Å². The maximum absolute atomic E-state index is 11.2. The first-order valence-corrected chi connectivity index (χ1v) is 7.26. The van der Waals surface area contributed by atoms with Crippen LogP contribution in [-0.4, -0.2) is 29.9 Å². The van der Waals surface area contributed by atoms with E-state index in [-0.39, 0.29) is 12.5 Å². The number of benzene rings is 1. The van der Waals surface area contributed by atoms with Gasteiger partial charge in [0.25, 0.3) is 0 Å². The Labute approximate surface area is 114 Å². The van der Waals surface area contributed by atoms with Crippen molar-refractivity contribution >= 4 is 33.6 Å². The van der Waals surface area contributed by atoms with Crippen LogP contribution < -0.4 is 5.32 Å². The van der Waals surface area contributed by atoms with E-state index in [9.17, 15) is 4.79 Å². The highest BCUT2D eigenvalue weighted by molar-refractivity contribution is 9.10. The number of nitrogens with one attached hydrogen (secondary N) is 1. The Morgan fingerprint density at radius 2 is 2.06 bits per heavy atom. The van der Waals surface area contributed by atoms with Gasteiger partial charge in [0.2, 0.25) is 5.91 Å². The monoisotopic (exact) mass is 317 g/mol. The maximum Gasteiger partial charge on any atom is 0.220 e. The number of aliphatic hydroxyl groups excluding tert-OH is 1. The predicted molar refractivity (Wildman–Crippen MR) is 74.2 cm³/mol. The molecule has 3 nitrogen and oxygen atoms in total. The predicted octanol–water partition coefficient (Wildman–Crippen LogP) is 2.43. The first-order chi connectivity index (χ1) is 8.22. The fourth-order valence-electron chi connectivity index (χ4n) is 1.24. The maximum atomic E-state index is 11.2. The summed E-state index contributed by atoms with van der Waals surface area (Å²) < 4.78 is 1.07. The minimum absolute atomic E-state index is 0.000612. The number of aliphatic hydroxyl groups is 1. The lowest BCUT2D eigenvalue weighted by molar-refractivity contribution is -0.121. The summed E-state index contributed by atoms with van der Waals surface area (Å²) in [5, 5.41) is 11.2. The quantitative estimate of drug-likeness (QED) is 0.600. The molecule has 5 heteroatoms. The molecular weight excluding hydrogens is 302 g/mol. The Balaban J connectivity index is 2.11. The van der Waals surface area contributed by atoms with Gasteiger partial charge in [0.1, 0.15) is 0 Å². The van der Waals surface area contributed by atoms with Crippen molar-refractivity contribution in [2.45, 2.75) is 17.7 Å². The summed E-state index contributed by atoms with van der Waals surface area (Å²) in [5.41, 5.74) is 0. The number of hydrogen-bond acceptors (Lipinski definition) is 3. The number of amides is 1. The van der Waals surface area contributed by atoms with Gasteiger partial charge >= 0.3 is 0 Å². The molecule has 0 saturated heterocycles. The average Bonchev–Trinajstić information content (AvgIpc) is 2.34. The second-order valence-electron chi connectivity index (χ2n) is 3.48. The van der Waals surface area contributed by atoms with Gasteiger partial charge in [-0.1, -0.05) is 15.9 Å². The minimum Gasteiger partial charge on any atom is -0.395 e. The van der Waals surface area contributed by atoms with E-state index in [1.54, 1.807) is 11.8 Å². The average molecular weight is 318 g/mol. The first-order valence-electron chi connectivity index (χ1n) is 5.48. The van der Waals surface area contributed by atoms with Crippen molar-refractivity contribution in [3.63, 3.8) is 0 Å². The summed E-state index contributed by atoms with van der Waals surface area (Å²) in [5.74, 6) is 0.934. The molecule has 0 aliphatic heterocycles.